The number of aryl methyl sites for hydroxylation is 1. The maximum Gasteiger partial charge on any atom is 0.225 e. The fourth-order valence-electron chi connectivity index (χ4n) is 1.66. The van der Waals surface area contributed by atoms with E-state index in [9.17, 15) is 0 Å². The van der Waals surface area contributed by atoms with Gasteiger partial charge >= 0.3 is 0 Å². The van der Waals surface area contributed by atoms with E-state index in [4.69, 9.17) is 11.6 Å². The van der Waals surface area contributed by atoms with E-state index in [0.29, 0.717) is 30.0 Å². The van der Waals surface area contributed by atoms with Gasteiger partial charge in [-0.3, -0.25) is 0 Å². The van der Waals surface area contributed by atoms with Gasteiger partial charge < -0.3 is 9.09 Å². The van der Waals surface area contributed by atoms with Crippen molar-refractivity contribution in [3.05, 3.63) is 23.3 Å². The predicted octanol–water partition coefficient (Wildman–Crippen LogP) is 1.43. The third-order valence-electron chi connectivity index (χ3n) is 2.64. The van der Waals surface area contributed by atoms with Crippen LogP contribution in [-0.2, 0) is 13.0 Å². The minimum Gasteiger partial charge on any atom is -0.343 e. The van der Waals surface area contributed by atoms with E-state index in [-0.39, 0.29) is 0 Å². The fourth-order valence-corrected chi connectivity index (χ4v) is 1.87. The van der Waals surface area contributed by atoms with Gasteiger partial charge in [0.05, 0.1) is 0 Å². The molecular formula is C9H10ClN5O. The van der Waals surface area contributed by atoms with Crippen molar-refractivity contribution in [3.63, 3.8) is 0 Å². The molecule has 1 aliphatic rings. The van der Waals surface area contributed by atoms with Gasteiger partial charge in [-0.1, -0.05) is 5.16 Å². The molecular weight excluding hydrogens is 230 g/mol. The molecule has 1 saturated carbocycles. The number of nitrogens with zero attached hydrogens (tertiary/aromatic N) is 5. The molecule has 0 atom stereocenters. The highest BCUT2D eigenvalue weighted by molar-refractivity contribution is 6.28. The molecule has 0 amide bonds. The molecule has 3 rings (SSSR count). The van der Waals surface area contributed by atoms with Gasteiger partial charge in [0, 0.05) is 18.9 Å². The van der Waals surface area contributed by atoms with Crippen molar-refractivity contribution in [2.24, 2.45) is 0 Å². The Hall–Kier alpha value is -1.43. The summed E-state index contributed by atoms with van der Waals surface area (Å²) in [5, 5.41) is 12.2. The van der Waals surface area contributed by atoms with Crippen molar-refractivity contribution in [1.82, 2.24) is 24.9 Å². The van der Waals surface area contributed by atoms with Crippen LogP contribution in [0.25, 0.3) is 0 Å². The molecule has 0 unspecified atom stereocenters. The van der Waals surface area contributed by atoms with Gasteiger partial charge in [0.2, 0.25) is 11.7 Å². The average molecular weight is 240 g/mol. The Kier molecular flexibility index (Phi) is 2.36. The van der Waals surface area contributed by atoms with Crippen LogP contribution in [0.2, 0.25) is 5.28 Å². The normalized spacial score (nSPS) is 15.6. The minimum atomic E-state index is 0.436. The molecule has 2 aromatic rings. The Morgan fingerprint density at radius 3 is 3.00 bits per heavy atom. The summed E-state index contributed by atoms with van der Waals surface area (Å²) < 4.78 is 6.60. The van der Waals surface area contributed by atoms with Crippen LogP contribution in [0.1, 0.15) is 30.4 Å². The first-order chi connectivity index (χ1) is 7.84. The summed E-state index contributed by atoms with van der Waals surface area (Å²) in [6, 6.07) is 0. The molecule has 0 saturated heterocycles. The molecule has 7 heteroatoms. The van der Waals surface area contributed by atoms with Crippen molar-refractivity contribution in [3.8, 4) is 0 Å². The molecule has 0 radical (unpaired) electrons. The first-order valence-corrected chi connectivity index (χ1v) is 5.56. The number of hydrogen-bond donors (Lipinski definition) is 0. The summed E-state index contributed by atoms with van der Waals surface area (Å²) in [4.78, 5) is 3.96. The highest BCUT2D eigenvalue weighted by Crippen LogP contribution is 2.39. The zero-order valence-corrected chi connectivity index (χ0v) is 9.26. The van der Waals surface area contributed by atoms with Crippen LogP contribution in [0.3, 0.4) is 0 Å². The molecule has 16 heavy (non-hydrogen) atoms. The molecule has 1 aliphatic carbocycles. The first-order valence-electron chi connectivity index (χ1n) is 5.18. The highest BCUT2D eigenvalue weighted by atomic mass is 35.5. The second-order valence-electron chi connectivity index (χ2n) is 3.85. The topological polar surface area (TPSA) is 69.6 Å². The highest BCUT2D eigenvalue weighted by Gasteiger charge is 2.29. The van der Waals surface area contributed by atoms with E-state index >= 15 is 0 Å². The van der Waals surface area contributed by atoms with E-state index in [2.05, 4.69) is 24.9 Å². The Morgan fingerprint density at radius 2 is 2.31 bits per heavy atom. The van der Waals surface area contributed by atoms with Crippen molar-refractivity contribution in [2.45, 2.75) is 31.7 Å². The Balaban J connectivity index is 1.75. The standard InChI is InChI=1S/C9H10ClN5O/c10-9-13-12-8(6-1-2-6)15(9)4-3-7-11-5-16-14-7/h5-6H,1-4H2. The largest absolute Gasteiger partial charge is 0.343 e. The van der Waals surface area contributed by atoms with E-state index in [0.717, 1.165) is 5.82 Å². The van der Waals surface area contributed by atoms with Gasteiger partial charge in [0.25, 0.3) is 0 Å². The Morgan fingerprint density at radius 1 is 1.44 bits per heavy atom. The van der Waals surface area contributed by atoms with Crippen LogP contribution in [0.4, 0.5) is 0 Å². The van der Waals surface area contributed by atoms with Crippen molar-refractivity contribution < 1.29 is 4.52 Å². The predicted molar refractivity (Wildman–Crippen MR) is 55.0 cm³/mol. The zero-order valence-electron chi connectivity index (χ0n) is 8.51. The summed E-state index contributed by atoms with van der Waals surface area (Å²) in [6.07, 6.45) is 4.35. The minimum absolute atomic E-state index is 0.436. The number of rotatable bonds is 4. The first kappa shape index (κ1) is 9.77. The van der Waals surface area contributed by atoms with Gasteiger partial charge in [-0.25, -0.2) is 0 Å². The molecule has 2 aromatic heterocycles. The third kappa shape index (κ3) is 1.80. The Labute approximate surface area is 96.6 Å². The molecule has 84 valence electrons. The van der Waals surface area contributed by atoms with E-state index in [1.54, 1.807) is 0 Å². The number of hydrogen-bond acceptors (Lipinski definition) is 5. The molecule has 1 fully saturated rings. The Bertz CT molecular complexity index is 476. The maximum atomic E-state index is 5.98. The van der Waals surface area contributed by atoms with Crippen molar-refractivity contribution >= 4 is 11.6 Å². The fraction of sp³-hybridized carbons (Fsp3) is 0.556. The van der Waals surface area contributed by atoms with E-state index in [1.165, 1.54) is 19.2 Å². The van der Waals surface area contributed by atoms with Gasteiger partial charge in [-0.05, 0) is 24.4 Å². The van der Waals surface area contributed by atoms with Crippen molar-refractivity contribution in [1.29, 1.82) is 0 Å². The van der Waals surface area contributed by atoms with Gasteiger partial charge in [0.1, 0.15) is 5.82 Å². The molecule has 0 N–H and O–H groups in total. The number of halogens is 1. The molecule has 0 aromatic carbocycles. The molecule has 0 spiro atoms. The lowest BCUT2D eigenvalue weighted by molar-refractivity contribution is 0.408. The van der Waals surface area contributed by atoms with Gasteiger partial charge in [-0.2, -0.15) is 4.98 Å². The van der Waals surface area contributed by atoms with Crippen LogP contribution >= 0.6 is 11.6 Å². The summed E-state index contributed by atoms with van der Waals surface area (Å²) in [6.45, 7) is 0.692. The van der Waals surface area contributed by atoms with E-state index in [1.807, 2.05) is 4.57 Å². The monoisotopic (exact) mass is 239 g/mol. The second-order valence-corrected chi connectivity index (χ2v) is 4.19. The van der Waals surface area contributed by atoms with Crippen LogP contribution in [0.5, 0.6) is 0 Å². The van der Waals surface area contributed by atoms with Crippen LogP contribution in [-0.4, -0.2) is 24.9 Å². The maximum absolute atomic E-state index is 5.98. The SMILES string of the molecule is Clc1nnc(C2CC2)n1CCc1ncon1. The lowest BCUT2D eigenvalue weighted by Gasteiger charge is -2.04. The summed E-state index contributed by atoms with van der Waals surface area (Å²) in [5.74, 6) is 2.19. The zero-order chi connectivity index (χ0) is 11.0. The summed E-state index contributed by atoms with van der Waals surface area (Å²) in [7, 11) is 0. The average Bonchev–Trinajstić information content (AvgIpc) is 2.87. The quantitative estimate of drug-likeness (QED) is 0.807. The lowest BCUT2D eigenvalue weighted by atomic mass is 10.3. The molecule has 6 nitrogen and oxygen atoms in total. The van der Waals surface area contributed by atoms with Crippen LogP contribution in [0.15, 0.2) is 10.9 Å². The third-order valence-corrected chi connectivity index (χ3v) is 2.92. The summed E-state index contributed by atoms with van der Waals surface area (Å²) in [5.41, 5.74) is 0. The van der Waals surface area contributed by atoms with Crippen LogP contribution < -0.4 is 0 Å². The summed E-state index contributed by atoms with van der Waals surface area (Å²) >= 11 is 5.98. The molecule has 0 aliphatic heterocycles. The lowest BCUT2D eigenvalue weighted by Crippen LogP contribution is -2.06. The number of aromatic nitrogens is 5. The molecule has 2 heterocycles. The van der Waals surface area contributed by atoms with Crippen LogP contribution in [0, 0.1) is 0 Å². The molecule has 0 bridgehead atoms. The second kappa shape index (κ2) is 3.86. The smallest absolute Gasteiger partial charge is 0.225 e. The van der Waals surface area contributed by atoms with Gasteiger partial charge in [0.15, 0.2) is 5.82 Å². The van der Waals surface area contributed by atoms with Crippen molar-refractivity contribution in [2.75, 3.05) is 0 Å². The van der Waals surface area contributed by atoms with E-state index < -0.39 is 0 Å². The van der Waals surface area contributed by atoms with Gasteiger partial charge in [-0.15, -0.1) is 10.2 Å².